The Morgan fingerprint density at radius 2 is 2.41 bits per heavy atom. The van der Waals surface area contributed by atoms with E-state index in [1.807, 2.05) is 18.5 Å². The Morgan fingerprint density at radius 1 is 1.53 bits per heavy atom. The molecule has 1 fully saturated rings. The summed E-state index contributed by atoms with van der Waals surface area (Å²) >= 11 is 0. The fraction of sp³-hybridized carbons (Fsp3) is 0.643. The maximum absolute atomic E-state index is 4.17. The Kier molecular flexibility index (Phi) is 4.51. The summed E-state index contributed by atoms with van der Waals surface area (Å²) in [4.78, 5) is 6.64. The molecule has 2 atom stereocenters. The normalized spacial score (nSPS) is 23.5. The maximum Gasteiger partial charge on any atom is 0.0315 e. The first-order valence-electron chi connectivity index (χ1n) is 6.61. The van der Waals surface area contributed by atoms with Crippen molar-refractivity contribution in [1.29, 1.82) is 0 Å². The number of hydrogen-bond acceptors (Lipinski definition) is 3. The van der Waals surface area contributed by atoms with Crippen LogP contribution in [0.3, 0.4) is 0 Å². The summed E-state index contributed by atoms with van der Waals surface area (Å²) in [6.45, 7) is 4.53. The van der Waals surface area contributed by atoms with E-state index in [1.165, 1.54) is 31.4 Å². The van der Waals surface area contributed by atoms with Crippen molar-refractivity contribution in [2.24, 2.45) is 0 Å². The van der Waals surface area contributed by atoms with E-state index >= 15 is 0 Å². The Balaban J connectivity index is 1.81. The second-order valence-corrected chi connectivity index (χ2v) is 5.05. The smallest absolute Gasteiger partial charge is 0.0315 e. The molecule has 0 aliphatic carbocycles. The minimum absolute atomic E-state index is 0.388. The molecule has 2 rings (SSSR count). The largest absolute Gasteiger partial charge is 0.309 e. The van der Waals surface area contributed by atoms with Gasteiger partial charge in [0.15, 0.2) is 0 Å². The van der Waals surface area contributed by atoms with Gasteiger partial charge in [-0.1, -0.05) is 12.5 Å². The molecular weight excluding hydrogens is 210 g/mol. The van der Waals surface area contributed by atoms with Crippen LogP contribution in [0.2, 0.25) is 0 Å². The number of rotatable bonds is 4. The molecule has 3 nitrogen and oxygen atoms in total. The molecule has 0 aromatic carbocycles. The van der Waals surface area contributed by atoms with Crippen molar-refractivity contribution in [2.75, 3.05) is 20.1 Å². The SMILES string of the molecule is C[C@H](NCC1CCCCN1C)c1cccnc1. The molecule has 1 aliphatic rings. The summed E-state index contributed by atoms with van der Waals surface area (Å²) in [7, 11) is 2.24. The van der Waals surface area contributed by atoms with Gasteiger partial charge in [-0.25, -0.2) is 0 Å². The maximum atomic E-state index is 4.17. The Labute approximate surface area is 104 Å². The fourth-order valence-electron chi connectivity index (χ4n) is 2.46. The number of piperidine rings is 1. The van der Waals surface area contributed by atoms with Gasteiger partial charge in [0.2, 0.25) is 0 Å². The number of aromatic nitrogens is 1. The predicted octanol–water partition coefficient (Wildman–Crippen LogP) is 2.22. The molecule has 1 aromatic rings. The molecule has 1 aliphatic heterocycles. The van der Waals surface area contributed by atoms with Crippen LogP contribution in [0.25, 0.3) is 0 Å². The average Bonchev–Trinajstić information content (AvgIpc) is 2.38. The summed E-state index contributed by atoms with van der Waals surface area (Å²) in [5, 5.41) is 3.62. The first-order valence-corrected chi connectivity index (χ1v) is 6.61. The highest BCUT2D eigenvalue weighted by atomic mass is 15.2. The van der Waals surface area contributed by atoms with Crippen LogP contribution in [0.5, 0.6) is 0 Å². The van der Waals surface area contributed by atoms with E-state index in [4.69, 9.17) is 0 Å². The van der Waals surface area contributed by atoms with Gasteiger partial charge in [-0.3, -0.25) is 4.98 Å². The van der Waals surface area contributed by atoms with E-state index in [1.54, 1.807) is 0 Å². The number of nitrogens with zero attached hydrogens (tertiary/aromatic N) is 2. The van der Waals surface area contributed by atoms with E-state index in [2.05, 4.69) is 35.2 Å². The average molecular weight is 233 g/mol. The molecule has 0 saturated carbocycles. The number of likely N-dealkylation sites (N-methyl/N-ethyl adjacent to an activating group) is 1. The van der Waals surface area contributed by atoms with Crippen molar-refractivity contribution in [1.82, 2.24) is 15.2 Å². The first-order chi connectivity index (χ1) is 8.27. The fourth-order valence-corrected chi connectivity index (χ4v) is 2.46. The van der Waals surface area contributed by atoms with Gasteiger partial charge in [-0.15, -0.1) is 0 Å². The third-order valence-corrected chi connectivity index (χ3v) is 3.77. The summed E-state index contributed by atoms with van der Waals surface area (Å²) in [6.07, 6.45) is 7.82. The zero-order valence-electron chi connectivity index (χ0n) is 10.9. The van der Waals surface area contributed by atoms with Crippen LogP contribution in [0.15, 0.2) is 24.5 Å². The van der Waals surface area contributed by atoms with Gasteiger partial charge in [0.1, 0.15) is 0 Å². The monoisotopic (exact) mass is 233 g/mol. The van der Waals surface area contributed by atoms with Crippen molar-refractivity contribution in [3.63, 3.8) is 0 Å². The lowest BCUT2D eigenvalue weighted by Gasteiger charge is -2.33. The molecule has 1 unspecified atom stereocenters. The summed E-state index contributed by atoms with van der Waals surface area (Å²) in [5.74, 6) is 0. The molecule has 1 aromatic heterocycles. The number of likely N-dealkylation sites (tertiary alicyclic amines) is 1. The zero-order valence-corrected chi connectivity index (χ0v) is 10.9. The van der Waals surface area contributed by atoms with Crippen molar-refractivity contribution >= 4 is 0 Å². The molecule has 94 valence electrons. The van der Waals surface area contributed by atoms with Crippen molar-refractivity contribution < 1.29 is 0 Å². The minimum atomic E-state index is 0.388. The van der Waals surface area contributed by atoms with Crippen molar-refractivity contribution in [3.05, 3.63) is 30.1 Å². The molecule has 1 N–H and O–H groups in total. The van der Waals surface area contributed by atoms with Crippen molar-refractivity contribution in [2.45, 2.75) is 38.3 Å². The van der Waals surface area contributed by atoms with Crippen molar-refractivity contribution in [3.8, 4) is 0 Å². The second-order valence-electron chi connectivity index (χ2n) is 5.05. The van der Waals surface area contributed by atoms with Crippen LogP contribution in [-0.2, 0) is 0 Å². The molecule has 0 amide bonds. The van der Waals surface area contributed by atoms with Gasteiger partial charge in [-0.2, -0.15) is 0 Å². The number of hydrogen-bond donors (Lipinski definition) is 1. The molecule has 1 saturated heterocycles. The lowest BCUT2D eigenvalue weighted by molar-refractivity contribution is 0.178. The Bertz CT molecular complexity index is 325. The van der Waals surface area contributed by atoms with E-state index in [0.29, 0.717) is 12.1 Å². The van der Waals surface area contributed by atoms with Gasteiger partial charge in [0, 0.05) is 31.0 Å². The van der Waals surface area contributed by atoms with E-state index in [0.717, 1.165) is 6.54 Å². The predicted molar refractivity (Wildman–Crippen MR) is 70.9 cm³/mol. The highest BCUT2D eigenvalue weighted by Crippen LogP contribution is 2.16. The molecule has 0 radical (unpaired) electrons. The Morgan fingerprint density at radius 3 is 3.12 bits per heavy atom. The number of pyridine rings is 1. The molecule has 0 bridgehead atoms. The van der Waals surface area contributed by atoms with E-state index in [-0.39, 0.29) is 0 Å². The first kappa shape index (κ1) is 12.5. The standard InChI is InChI=1S/C14H23N3/c1-12(13-6-5-8-15-10-13)16-11-14-7-3-4-9-17(14)2/h5-6,8,10,12,14,16H,3-4,7,9,11H2,1-2H3/t12-,14?/m0/s1. The molecule has 3 heteroatoms. The lowest BCUT2D eigenvalue weighted by Crippen LogP contribution is -2.43. The minimum Gasteiger partial charge on any atom is -0.309 e. The van der Waals surface area contributed by atoms with Gasteiger partial charge < -0.3 is 10.2 Å². The second kappa shape index (κ2) is 6.12. The quantitative estimate of drug-likeness (QED) is 0.864. The third kappa shape index (κ3) is 3.51. The molecule has 0 spiro atoms. The van der Waals surface area contributed by atoms with Crippen LogP contribution >= 0.6 is 0 Å². The number of nitrogens with one attached hydrogen (secondary N) is 1. The van der Waals surface area contributed by atoms with Gasteiger partial charge in [-0.05, 0) is 45.0 Å². The van der Waals surface area contributed by atoms with E-state index in [9.17, 15) is 0 Å². The van der Waals surface area contributed by atoms with Gasteiger partial charge in [0.05, 0.1) is 0 Å². The van der Waals surface area contributed by atoms with E-state index < -0.39 is 0 Å². The van der Waals surface area contributed by atoms with Gasteiger partial charge >= 0.3 is 0 Å². The van der Waals surface area contributed by atoms with Gasteiger partial charge in [0.25, 0.3) is 0 Å². The third-order valence-electron chi connectivity index (χ3n) is 3.77. The highest BCUT2D eigenvalue weighted by Gasteiger charge is 2.19. The summed E-state index contributed by atoms with van der Waals surface area (Å²) in [6, 6.07) is 5.22. The van der Waals surface area contributed by atoms with Crippen LogP contribution in [0.4, 0.5) is 0 Å². The summed E-state index contributed by atoms with van der Waals surface area (Å²) < 4.78 is 0. The molecule has 2 heterocycles. The zero-order chi connectivity index (χ0) is 12.1. The summed E-state index contributed by atoms with van der Waals surface area (Å²) in [5.41, 5.74) is 1.27. The van der Waals surface area contributed by atoms with Crippen LogP contribution in [0, 0.1) is 0 Å². The topological polar surface area (TPSA) is 28.2 Å². The highest BCUT2D eigenvalue weighted by molar-refractivity contribution is 5.12. The van der Waals surface area contributed by atoms with Crippen LogP contribution in [0.1, 0.15) is 37.8 Å². The van der Waals surface area contributed by atoms with Crippen LogP contribution in [-0.4, -0.2) is 36.1 Å². The molecular formula is C14H23N3. The molecule has 17 heavy (non-hydrogen) atoms. The lowest BCUT2D eigenvalue weighted by atomic mass is 10.0. The van der Waals surface area contributed by atoms with Crippen LogP contribution < -0.4 is 5.32 Å². The Hall–Kier alpha value is -0.930.